The van der Waals surface area contributed by atoms with E-state index in [1.807, 2.05) is 54.6 Å². The first kappa shape index (κ1) is 31.6. The van der Waals surface area contributed by atoms with Crippen LogP contribution in [0.3, 0.4) is 0 Å². The van der Waals surface area contributed by atoms with Crippen LogP contribution in [0.25, 0.3) is 10.8 Å². The second kappa shape index (κ2) is 12.4. The lowest BCUT2D eigenvalue weighted by Gasteiger charge is -2.43. The van der Waals surface area contributed by atoms with Crippen LogP contribution in [0, 0.1) is 29.6 Å². The fraction of sp³-hybridized carbons (Fsp3) is 0.361. The van der Waals surface area contributed by atoms with Gasteiger partial charge < -0.3 is 24.9 Å². The Morgan fingerprint density at radius 1 is 0.980 bits per heavy atom. The Bertz CT molecular complexity index is 2080. The van der Waals surface area contributed by atoms with Gasteiger partial charge in [-0.1, -0.05) is 47.7 Å². The van der Waals surface area contributed by atoms with E-state index in [1.54, 1.807) is 17.8 Å². The van der Waals surface area contributed by atoms with Gasteiger partial charge in [0.15, 0.2) is 18.1 Å². The van der Waals surface area contributed by atoms with Crippen LogP contribution in [0.1, 0.15) is 35.6 Å². The molecule has 4 aromatic rings. The van der Waals surface area contributed by atoms with E-state index in [9.17, 15) is 24.0 Å². The highest BCUT2D eigenvalue weighted by molar-refractivity contribution is 8.00. The van der Waals surface area contributed by atoms with Gasteiger partial charge in [-0.3, -0.25) is 28.9 Å². The highest BCUT2D eigenvalue weighted by Crippen LogP contribution is 2.68. The quantitative estimate of drug-likeness (QED) is 0.195. The highest BCUT2D eigenvalue weighted by Gasteiger charge is 2.69. The number of aromatic nitrogens is 1. The second-order valence-electron chi connectivity index (χ2n) is 13.1. The number of thiazole rings is 1. The number of imide groups is 1. The van der Waals surface area contributed by atoms with Crippen molar-refractivity contribution in [1.29, 1.82) is 0 Å². The Balaban J connectivity index is 1.04. The summed E-state index contributed by atoms with van der Waals surface area (Å²) in [6, 6.07) is 19.2. The molecule has 11 nitrogen and oxygen atoms in total. The number of carboxylic acids is 1. The predicted octanol–water partition coefficient (Wildman–Crippen LogP) is 4.95. The molecule has 8 rings (SSSR count). The maximum Gasteiger partial charge on any atom is 0.305 e. The topological polar surface area (TPSA) is 155 Å². The van der Waals surface area contributed by atoms with E-state index in [4.69, 9.17) is 14.6 Å². The van der Waals surface area contributed by atoms with Crippen LogP contribution < -0.4 is 19.7 Å². The number of methoxy groups -OCH3 is 1. The summed E-state index contributed by atoms with van der Waals surface area (Å²) in [5, 5.41) is 14.9. The van der Waals surface area contributed by atoms with Crippen LogP contribution >= 0.6 is 23.1 Å². The maximum absolute atomic E-state index is 13.7. The Kier molecular flexibility index (Phi) is 7.98. The molecular weight excluding hydrogens is 667 g/mol. The van der Waals surface area contributed by atoms with Crippen LogP contribution in [0.2, 0.25) is 0 Å². The summed E-state index contributed by atoms with van der Waals surface area (Å²) in [5.74, 6) is -2.03. The third kappa shape index (κ3) is 5.39. The first-order valence-corrected chi connectivity index (χ1v) is 18.0. The van der Waals surface area contributed by atoms with Crippen LogP contribution in [-0.4, -0.2) is 64.2 Å². The normalized spacial score (nSPS) is 26.4. The molecule has 252 valence electrons. The van der Waals surface area contributed by atoms with E-state index in [0.717, 1.165) is 32.7 Å². The Hall–Kier alpha value is -4.62. The largest absolute Gasteiger partial charge is 0.493 e. The SMILES string of the molecule is COc1cc([C@H]2c3sc(=O)[nH]c3SC3C4CC(C5C(=O)N(CCCC(=O)O)C(=O)C45)C32)ccc1OCC(=O)Nc1ccc2ccccc2c1. The van der Waals surface area contributed by atoms with E-state index in [0.29, 0.717) is 17.2 Å². The molecule has 1 aromatic heterocycles. The summed E-state index contributed by atoms with van der Waals surface area (Å²) in [6.45, 7) is -0.120. The van der Waals surface area contributed by atoms with Gasteiger partial charge in [0.05, 0.1) is 24.0 Å². The lowest BCUT2D eigenvalue weighted by atomic mass is 9.68. The third-order valence-electron chi connectivity index (χ3n) is 10.5. The summed E-state index contributed by atoms with van der Waals surface area (Å²) < 4.78 is 11.7. The van der Waals surface area contributed by atoms with Crippen molar-refractivity contribution >= 4 is 63.2 Å². The number of aromatic amines is 1. The fourth-order valence-electron chi connectivity index (χ4n) is 8.66. The molecule has 4 aliphatic rings. The summed E-state index contributed by atoms with van der Waals surface area (Å²) in [5.41, 5.74) is 1.57. The molecule has 49 heavy (non-hydrogen) atoms. The van der Waals surface area contributed by atoms with Crippen LogP contribution in [0.4, 0.5) is 5.69 Å². The zero-order valence-electron chi connectivity index (χ0n) is 26.4. The van der Waals surface area contributed by atoms with Gasteiger partial charge in [-0.05, 0) is 71.2 Å². The van der Waals surface area contributed by atoms with E-state index in [-0.39, 0.29) is 77.5 Å². The second-order valence-corrected chi connectivity index (χ2v) is 15.3. The molecule has 3 fully saturated rings. The number of fused-ring (bicyclic) bond motifs is 10. The number of anilines is 1. The minimum atomic E-state index is -0.958. The van der Waals surface area contributed by atoms with Crippen LogP contribution in [0.5, 0.6) is 11.5 Å². The van der Waals surface area contributed by atoms with Gasteiger partial charge in [-0.2, -0.15) is 0 Å². The van der Waals surface area contributed by atoms with Crippen molar-refractivity contribution in [2.75, 3.05) is 25.6 Å². The Morgan fingerprint density at radius 3 is 2.53 bits per heavy atom. The lowest BCUT2D eigenvalue weighted by Crippen LogP contribution is -2.42. The number of amides is 3. The predicted molar refractivity (Wildman–Crippen MR) is 183 cm³/mol. The standard InChI is InChI=1S/C36H33N3O8S2/c1-46-24-14-19(9-11-23(24)47-16-25(40)37-20-10-8-17-5-2-3-6-18(17)13-20)27-28-21-15-22(31(28)48-33-32(27)49-36(45)38-33)30-29(21)34(43)39(35(30)44)12-4-7-26(41)42/h2-3,5-6,8-11,13-14,21-22,27-31H,4,7,12,15-16H2,1H3,(H,37,40)(H,38,45)(H,41,42)/t21?,22?,27-,28?,29?,30?,31?/m1/s1. The average molecular weight is 700 g/mol. The summed E-state index contributed by atoms with van der Waals surface area (Å²) >= 11 is 2.77. The summed E-state index contributed by atoms with van der Waals surface area (Å²) in [6.07, 6.45) is 0.870. The molecular formula is C36H33N3O8S2. The summed E-state index contributed by atoms with van der Waals surface area (Å²) in [4.78, 5) is 68.9. The first-order chi connectivity index (χ1) is 23.7. The monoisotopic (exact) mass is 699 g/mol. The number of nitrogens with zero attached hydrogens (tertiary/aromatic N) is 1. The molecule has 2 bridgehead atoms. The van der Waals surface area contributed by atoms with Crippen molar-refractivity contribution < 1.29 is 33.8 Å². The van der Waals surface area contributed by atoms with Crippen LogP contribution in [-0.2, 0) is 19.2 Å². The molecule has 3 amide bonds. The number of hydrogen-bond donors (Lipinski definition) is 3. The Morgan fingerprint density at radius 2 is 1.76 bits per heavy atom. The smallest absolute Gasteiger partial charge is 0.305 e. The molecule has 7 atom stereocenters. The molecule has 6 unspecified atom stereocenters. The molecule has 3 heterocycles. The highest BCUT2D eigenvalue weighted by atomic mass is 32.2. The summed E-state index contributed by atoms with van der Waals surface area (Å²) in [7, 11) is 1.53. The van der Waals surface area contributed by atoms with Crippen molar-refractivity contribution in [1.82, 2.24) is 9.88 Å². The fourth-order valence-corrected chi connectivity index (χ4v) is 11.6. The number of carbonyl (C=O) groups excluding carboxylic acids is 3. The van der Waals surface area contributed by atoms with E-state index < -0.39 is 17.8 Å². The number of hydrogen-bond acceptors (Lipinski definition) is 9. The maximum atomic E-state index is 13.7. The minimum absolute atomic E-state index is 0.00451. The molecule has 0 radical (unpaired) electrons. The van der Waals surface area contributed by atoms with Gasteiger partial charge >= 0.3 is 10.8 Å². The molecule has 3 N–H and O–H groups in total. The van der Waals surface area contributed by atoms with E-state index in [2.05, 4.69) is 10.3 Å². The number of carbonyl (C=O) groups is 4. The van der Waals surface area contributed by atoms with Gasteiger partial charge in [0.1, 0.15) is 0 Å². The van der Waals surface area contributed by atoms with E-state index in [1.165, 1.54) is 23.3 Å². The Labute approximate surface area is 289 Å². The third-order valence-corrected chi connectivity index (χ3v) is 13.1. The van der Waals surface area contributed by atoms with Gasteiger partial charge in [-0.15, -0.1) is 11.8 Å². The molecule has 2 saturated carbocycles. The van der Waals surface area contributed by atoms with Crippen molar-refractivity contribution in [3.8, 4) is 11.5 Å². The number of likely N-dealkylation sites (tertiary alicyclic amines) is 1. The van der Waals surface area contributed by atoms with Gasteiger partial charge in [0.25, 0.3) is 5.91 Å². The molecule has 1 saturated heterocycles. The zero-order chi connectivity index (χ0) is 34.0. The van der Waals surface area contributed by atoms with Gasteiger partial charge in [0.2, 0.25) is 11.8 Å². The number of aliphatic carboxylic acids is 1. The van der Waals surface area contributed by atoms with Crippen molar-refractivity contribution in [2.24, 2.45) is 29.6 Å². The van der Waals surface area contributed by atoms with Crippen LogP contribution in [0.15, 0.2) is 70.5 Å². The molecule has 0 spiro atoms. The number of rotatable bonds is 10. The van der Waals surface area contributed by atoms with Crippen molar-refractivity contribution in [2.45, 2.75) is 35.5 Å². The average Bonchev–Trinajstić information content (AvgIpc) is 3.83. The van der Waals surface area contributed by atoms with Crippen molar-refractivity contribution in [3.63, 3.8) is 0 Å². The number of H-pyrrole nitrogens is 1. The van der Waals surface area contributed by atoms with Gasteiger partial charge in [-0.25, -0.2) is 0 Å². The van der Waals surface area contributed by atoms with E-state index >= 15 is 0 Å². The molecule has 3 aromatic carbocycles. The first-order valence-electron chi connectivity index (χ1n) is 16.3. The number of carboxylic acid groups (broad SMARTS) is 1. The van der Waals surface area contributed by atoms with Crippen molar-refractivity contribution in [3.05, 3.63) is 80.8 Å². The minimum Gasteiger partial charge on any atom is -0.493 e. The zero-order valence-corrected chi connectivity index (χ0v) is 28.1. The lowest BCUT2D eigenvalue weighted by molar-refractivity contribution is -0.142. The molecule has 2 aliphatic heterocycles. The number of benzene rings is 3. The molecule has 2 aliphatic carbocycles. The number of nitrogens with one attached hydrogen (secondary N) is 2. The van der Waals surface area contributed by atoms with Gasteiger partial charge in [0, 0.05) is 34.7 Å². The number of thioether (sulfide) groups is 1. The molecule has 13 heteroatoms. The number of ether oxygens (including phenoxy) is 2.